The van der Waals surface area contributed by atoms with Crippen LogP contribution >= 0.6 is 0 Å². The molecule has 0 aliphatic carbocycles. The van der Waals surface area contributed by atoms with Crippen molar-refractivity contribution >= 4 is 43.6 Å². The van der Waals surface area contributed by atoms with Crippen LogP contribution in [0.4, 0.5) is 0 Å². The summed E-state index contributed by atoms with van der Waals surface area (Å²) in [6.07, 6.45) is 0. The van der Waals surface area contributed by atoms with Crippen molar-refractivity contribution in [2.45, 2.75) is 0 Å². The van der Waals surface area contributed by atoms with Gasteiger partial charge >= 0.3 is 0 Å². The first kappa shape index (κ1) is 24.7. The van der Waals surface area contributed by atoms with Gasteiger partial charge in [0.1, 0.15) is 0 Å². The van der Waals surface area contributed by atoms with E-state index in [2.05, 4.69) is 179 Å². The Kier molecular flexibility index (Phi) is 5.54. The number of rotatable bonds is 4. The van der Waals surface area contributed by atoms with Gasteiger partial charge in [0.2, 0.25) is 0 Å². The zero-order valence-corrected chi connectivity index (χ0v) is 24.1. The van der Waals surface area contributed by atoms with Crippen molar-refractivity contribution in [2.75, 3.05) is 0 Å². The molecule has 9 rings (SSSR count). The molecule has 0 aliphatic rings. The molecule has 0 saturated heterocycles. The minimum atomic E-state index is 1.17. The molecule has 0 saturated carbocycles. The average molecular weight is 561 g/mol. The van der Waals surface area contributed by atoms with Crippen LogP contribution < -0.4 is 0 Å². The maximum Gasteiger partial charge on any atom is 0.0541 e. The van der Waals surface area contributed by atoms with Gasteiger partial charge in [-0.25, -0.2) is 0 Å². The van der Waals surface area contributed by atoms with Crippen molar-refractivity contribution in [3.8, 4) is 33.6 Å². The Bertz CT molecular complexity index is 2190. The maximum atomic E-state index is 2.37. The summed E-state index contributed by atoms with van der Waals surface area (Å²) in [6.45, 7) is 0. The Hall–Kier alpha value is -5.86. The van der Waals surface area contributed by atoms with Gasteiger partial charge in [-0.15, -0.1) is 0 Å². The molecule has 206 valence electrons. The number of hydrogen-bond donors (Lipinski definition) is 0. The van der Waals surface area contributed by atoms with Crippen molar-refractivity contribution in [1.82, 2.24) is 9.13 Å². The first-order valence-electron chi connectivity index (χ1n) is 15.1. The molecule has 0 radical (unpaired) electrons. The topological polar surface area (TPSA) is 9.86 Å². The summed E-state index contributed by atoms with van der Waals surface area (Å²) in [4.78, 5) is 0. The maximum absolute atomic E-state index is 2.37. The Morgan fingerprint density at radius 2 is 0.523 bits per heavy atom. The molecule has 0 bridgehead atoms. The van der Waals surface area contributed by atoms with Gasteiger partial charge in [0, 0.05) is 32.9 Å². The highest BCUT2D eigenvalue weighted by Gasteiger charge is 2.14. The fourth-order valence-electron chi connectivity index (χ4n) is 6.97. The van der Waals surface area contributed by atoms with Gasteiger partial charge in [0.25, 0.3) is 0 Å². The monoisotopic (exact) mass is 560 g/mol. The second kappa shape index (κ2) is 9.86. The van der Waals surface area contributed by atoms with Gasteiger partial charge in [0.05, 0.1) is 22.1 Å². The lowest BCUT2D eigenvalue weighted by atomic mass is 9.94. The molecule has 0 N–H and O–H groups in total. The quantitative estimate of drug-likeness (QED) is 0.203. The molecule has 2 heterocycles. The van der Waals surface area contributed by atoms with E-state index < -0.39 is 0 Å². The number of nitrogens with zero attached hydrogens (tertiary/aromatic N) is 2. The van der Waals surface area contributed by atoms with E-state index in [0.717, 1.165) is 0 Å². The van der Waals surface area contributed by atoms with Crippen LogP contribution in [0.2, 0.25) is 0 Å². The predicted molar refractivity (Wildman–Crippen MR) is 186 cm³/mol. The second-order valence-electron chi connectivity index (χ2n) is 11.4. The summed E-state index contributed by atoms with van der Waals surface area (Å²) in [5.74, 6) is 0. The fraction of sp³-hybridized carbons (Fsp3) is 0. The van der Waals surface area contributed by atoms with Crippen molar-refractivity contribution < 1.29 is 0 Å². The lowest BCUT2D eigenvalue weighted by Gasteiger charge is -2.13. The molecular weight excluding hydrogens is 532 g/mol. The zero-order valence-electron chi connectivity index (χ0n) is 24.1. The number of aromatic nitrogens is 2. The Morgan fingerprint density at radius 1 is 0.250 bits per heavy atom. The number of fused-ring (bicyclic) bond motifs is 6. The summed E-state index contributed by atoms with van der Waals surface area (Å²) < 4.78 is 4.74. The zero-order chi connectivity index (χ0) is 29.0. The van der Waals surface area contributed by atoms with Crippen LogP contribution in [0.15, 0.2) is 170 Å². The molecule has 2 aromatic heterocycles. The number of benzene rings is 7. The van der Waals surface area contributed by atoms with E-state index in [1.165, 1.54) is 77.2 Å². The summed E-state index contributed by atoms with van der Waals surface area (Å²) >= 11 is 0. The van der Waals surface area contributed by atoms with E-state index in [1.54, 1.807) is 0 Å². The minimum absolute atomic E-state index is 1.17. The van der Waals surface area contributed by atoms with Crippen LogP contribution in [-0.4, -0.2) is 9.13 Å². The first-order chi connectivity index (χ1) is 21.8. The molecule has 0 aliphatic heterocycles. The molecule has 2 nitrogen and oxygen atoms in total. The summed E-state index contributed by atoms with van der Waals surface area (Å²) in [5, 5.41) is 5.12. The van der Waals surface area contributed by atoms with Crippen LogP contribution in [0, 0.1) is 0 Å². The van der Waals surface area contributed by atoms with Gasteiger partial charge in [-0.2, -0.15) is 0 Å². The van der Waals surface area contributed by atoms with Crippen molar-refractivity contribution in [2.24, 2.45) is 0 Å². The fourth-order valence-corrected chi connectivity index (χ4v) is 6.97. The van der Waals surface area contributed by atoms with E-state index >= 15 is 0 Å². The molecule has 0 amide bonds. The van der Waals surface area contributed by atoms with Gasteiger partial charge < -0.3 is 9.13 Å². The number of hydrogen-bond acceptors (Lipinski definition) is 0. The Morgan fingerprint density at radius 3 is 0.841 bits per heavy atom. The second-order valence-corrected chi connectivity index (χ2v) is 11.4. The normalized spacial score (nSPS) is 11.6. The lowest BCUT2D eigenvalue weighted by Crippen LogP contribution is -1.94. The smallest absolute Gasteiger partial charge is 0.0541 e. The molecule has 44 heavy (non-hydrogen) atoms. The van der Waals surface area contributed by atoms with E-state index in [0.29, 0.717) is 0 Å². The average Bonchev–Trinajstić information content (AvgIpc) is 3.62. The van der Waals surface area contributed by atoms with Crippen LogP contribution in [-0.2, 0) is 0 Å². The highest BCUT2D eigenvalue weighted by molar-refractivity contribution is 6.10. The van der Waals surface area contributed by atoms with E-state index in [9.17, 15) is 0 Å². The van der Waals surface area contributed by atoms with E-state index in [-0.39, 0.29) is 0 Å². The van der Waals surface area contributed by atoms with Crippen molar-refractivity contribution in [3.63, 3.8) is 0 Å². The van der Waals surface area contributed by atoms with Crippen LogP contribution in [0.1, 0.15) is 0 Å². The molecular formula is C42H28N2. The van der Waals surface area contributed by atoms with Crippen LogP contribution in [0.3, 0.4) is 0 Å². The van der Waals surface area contributed by atoms with Crippen molar-refractivity contribution in [1.29, 1.82) is 0 Å². The predicted octanol–water partition coefficient (Wildman–Crippen LogP) is 11.2. The molecule has 2 heteroatoms. The highest BCUT2D eigenvalue weighted by atomic mass is 15.0. The Labute approximate surface area is 255 Å². The Balaban J connectivity index is 1.11. The number of para-hydroxylation sites is 4. The molecule has 0 atom stereocenters. The summed E-state index contributed by atoms with van der Waals surface area (Å²) in [7, 11) is 0. The van der Waals surface area contributed by atoms with Gasteiger partial charge in [0.15, 0.2) is 0 Å². The summed E-state index contributed by atoms with van der Waals surface area (Å²) in [6, 6.07) is 61.4. The molecule has 9 aromatic rings. The molecule has 0 unspecified atom stereocenters. The molecule has 7 aromatic carbocycles. The lowest BCUT2D eigenvalue weighted by molar-refractivity contribution is 1.18. The highest BCUT2D eigenvalue weighted by Crippen LogP contribution is 2.37. The molecule has 0 spiro atoms. The summed E-state index contributed by atoms with van der Waals surface area (Å²) in [5.41, 5.74) is 12.1. The van der Waals surface area contributed by atoms with Crippen LogP contribution in [0.5, 0.6) is 0 Å². The van der Waals surface area contributed by atoms with Gasteiger partial charge in [-0.3, -0.25) is 0 Å². The first-order valence-corrected chi connectivity index (χ1v) is 15.1. The van der Waals surface area contributed by atoms with E-state index in [4.69, 9.17) is 0 Å². The van der Waals surface area contributed by atoms with Crippen molar-refractivity contribution in [3.05, 3.63) is 170 Å². The standard InChI is InChI=1S/C42H28N2/c1-2-12-34(30-23-27-32(28-24-30)44-41-19-9-5-15-37(41)38-16-6-10-20-42(38)44)33(11-1)29-21-25-31(26-22-29)43-39-17-7-3-13-35(39)36-14-4-8-18-40(36)43/h1-28H. The minimum Gasteiger partial charge on any atom is -0.309 e. The third kappa shape index (κ3) is 3.75. The third-order valence-electron chi connectivity index (χ3n) is 8.96. The third-order valence-corrected chi connectivity index (χ3v) is 8.96. The SMILES string of the molecule is c1ccc(-c2ccc(-n3c4ccccc4c4ccccc43)cc2)c(-c2ccc(-n3c4ccccc4c4ccccc43)cc2)c1. The molecule has 0 fully saturated rings. The van der Waals surface area contributed by atoms with Gasteiger partial charge in [-0.1, -0.05) is 121 Å². The van der Waals surface area contributed by atoms with Crippen LogP contribution in [0.25, 0.3) is 77.2 Å². The van der Waals surface area contributed by atoms with Gasteiger partial charge in [-0.05, 0) is 70.8 Å². The largest absolute Gasteiger partial charge is 0.309 e. The van der Waals surface area contributed by atoms with E-state index in [1.807, 2.05) is 0 Å².